The number of carbonyl (C=O) groups excluding carboxylic acids is 3. The van der Waals surface area contributed by atoms with E-state index in [2.05, 4.69) is 15.8 Å². The summed E-state index contributed by atoms with van der Waals surface area (Å²) in [6, 6.07) is 14.3. The van der Waals surface area contributed by atoms with Crippen molar-refractivity contribution in [3.05, 3.63) is 59.7 Å². The first-order valence-electron chi connectivity index (χ1n) is 10.3. The summed E-state index contributed by atoms with van der Waals surface area (Å²) in [5.41, 5.74) is 3.69. The van der Waals surface area contributed by atoms with Gasteiger partial charge in [-0.1, -0.05) is 30.3 Å². The molecular weight excluding hydrogens is 412 g/mol. The summed E-state index contributed by atoms with van der Waals surface area (Å²) >= 11 is 0. The molecule has 32 heavy (non-hydrogen) atoms. The molecule has 0 unspecified atom stereocenters. The number of hydrogen-bond acceptors (Lipinski definition) is 6. The summed E-state index contributed by atoms with van der Waals surface area (Å²) in [5.74, 6) is -0.848. The van der Waals surface area contributed by atoms with Crippen LogP contribution in [0.3, 0.4) is 0 Å². The Labute approximate surface area is 186 Å². The molecule has 1 aliphatic heterocycles. The van der Waals surface area contributed by atoms with Gasteiger partial charge in [-0.05, 0) is 42.2 Å². The zero-order chi connectivity index (χ0) is 22.8. The monoisotopic (exact) mass is 438 g/mol. The molecule has 0 spiro atoms. The van der Waals surface area contributed by atoms with E-state index in [1.807, 2.05) is 30.3 Å². The van der Waals surface area contributed by atoms with Crippen LogP contribution in [0.4, 0.5) is 0 Å². The Morgan fingerprint density at radius 3 is 2.50 bits per heavy atom. The molecule has 0 saturated carbocycles. The number of amides is 3. The van der Waals surface area contributed by atoms with Gasteiger partial charge in [-0.15, -0.1) is 0 Å². The van der Waals surface area contributed by atoms with Crippen LogP contribution in [0.1, 0.15) is 24.0 Å². The lowest BCUT2D eigenvalue weighted by atomic mass is 10.2. The van der Waals surface area contributed by atoms with E-state index in [9.17, 15) is 14.4 Å². The number of nitrogens with zero attached hydrogens (tertiary/aromatic N) is 2. The number of ether oxygens (including phenoxy) is 2. The molecule has 1 fully saturated rings. The average Bonchev–Trinajstić information content (AvgIpc) is 3.37. The van der Waals surface area contributed by atoms with Crippen molar-refractivity contribution in [3.8, 4) is 11.5 Å². The minimum absolute atomic E-state index is 0.0524. The number of carbonyl (C=O) groups is 3. The highest BCUT2D eigenvalue weighted by atomic mass is 16.5. The van der Waals surface area contributed by atoms with Crippen molar-refractivity contribution in [2.45, 2.75) is 19.4 Å². The molecule has 2 aromatic carbocycles. The molecule has 0 bridgehead atoms. The van der Waals surface area contributed by atoms with Gasteiger partial charge in [0.15, 0.2) is 18.1 Å². The SMILES string of the molecule is COc1cc(/C=N\NC(=O)C(=O)NCc2ccccc2)ccc1OCC(=O)N1CCCC1. The lowest BCUT2D eigenvalue weighted by molar-refractivity contribution is -0.139. The number of hydrogen-bond donors (Lipinski definition) is 2. The van der Waals surface area contributed by atoms with E-state index in [0.717, 1.165) is 31.5 Å². The van der Waals surface area contributed by atoms with Gasteiger partial charge in [0, 0.05) is 19.6 Å². The van der Waals surface area contributed by atoms with Gasteiger partial charge >= 0.3 is 11.8 Å². The number of nitrogens with one attached hydrogen (secondary N) is 2. The number of rotatable bonds is 8. The minimum Gasteiger partial charge on any atom is -0.493 e. The lowest BCUT2D eigenvalue weighted by Crippen LogP contribution is -2.37. The van der Waals surface area contributed by atoms with Crippen molar-refractivity contribution in [2.24, 2.45) is 5.10 Å². The Kier molecular flexibility index (Phi) is 8.19. The van der Waals surface area contributed by atoms with Crippen LogP contribution in [0, 0.1) is 0 Å². The second-order valence-corrected chi connectivity index (χ2v) is 7.15. The molecule has 168 valence electrons. The third-order valence-electron chi connectivity index (χ3n) is 4.88. The maximum atomic E-state index is 12.1. The molecule has 0 radical (unpaired) electrons. The number of likely N-dealkylation sites (tertiary alicyclic amines) is 1. The molecule has 3 rings (SSSR count). The first kappa shape index (κ1) is 22.8. The molecule has 2 aromatic rings. The molecule has 3 amide bonds. The van der Waals surface area contributed by atoms with Crippen LogP contribution in [0.2, 0.25) is 0 Å². The molecule has 1 aliphatic rings. The fraction of sp³-hybridized carbons (Fsp3) is 0.304. The van der Waals surface area contributed by atoms with E-state index in [1.54, 1.807) is 23.1 Å². The molecule has 0 aromatic heterocycles. The van der Waals surface area contributed by atoms with Gasteiger partial charge in [0.1, 0.15) is 0 Å². The van der Waals surface area contributed by atoms with Crippen LogP contribution in [0.25, 0.3) is 0 Å². The zero-order valence-electron chi connectivity index (χ0n) is 17.9. The molecule has 1 heterocycles. The largest absolute Gasteiger partial charge is 0.493 e. The van der Waals surface area contributed by atoms with Crippen molar-refractivity contribution in [1.82, 2.24) is 15.6 Å². The van der Waals surface area contributed by atoms with E-state index >= 15 is 0 Å². The fourth-order valence-corrected chi connectivity index (χ4v) is 3.16. The van der Waals surface area contributed by atoms with Crippen LogP contribution >= 0.6 is 0 Å². The van der Waals surface area contributed by atoms with Gasteiger partial charge in [-0.3, -0.25) is 14.4 Å². The number of benzene rings is 2. The normalized spacial score (nSPS) is 13.1. The van der Waals surface area contributed by atoms with Gasteiger partial charge in [-0.2, -0.15) is 5.10 Å². The van der Waals surface area contributed by atoms with Gasteiger partial charge in [0.25, 0.3) is 5.91 Å². The van der Waals surface area contributed by atoms with Crippen LogP contribution in [0.5, 0.6) is 11.5 Å². The van der Waals surface area contributed by atoms with Crippen molar-refractivity contribution in [3.63, 3.8) is 0 Å². The fourth-order valence-electron chi connectivity index (χ4n) is 3.16. The van der Waals surface area contributed by atoms with E-state index in [4.69, 9.17) is 9.47 Å². The molecular formula is C23H26N4O5. The average molecular weight is 438 g/mol. The van der Waals surface area contributed by atoms with Crippen molar-refractivity contribution in [1.29, 1.82) is 0 Å². The van der Waals surface area contributed by atoms with Gasteiger partial charge in [0.2, 0.25) is 0 Å². The van der Waals surface area contributed by atoms with Gasteiger partial charge in [-0.25, -0.2) is 5.43 Å². The Morgan fingerprint density at radius 1 is 1.03 bits per heavy atom. The van der Waals surface area contributed by atoms with Crippen molar-refractivity contribution in [2.75, 3.05) is 26.8 Å². The number of methoxy groups -OCH3 is 1. The zero-order valence-corrected chi connectivity index (χ0v) is 17.9. The van der Waals surface area contributed by atoms with Crippen molar-refractivity contribution >= 4 is 23.9 Å². The predicted molar refractivity (Wildman–Crippen MR) is 118 cm³/mol. The van der Waals surface area contributed by atoms with Crippen LogP contribution < -0.4 is 20.2 Å². The van der Waals surface area contributed by atoms with E-state index in [0.29, 0.717) is 17.1 Å². The second kappa shape index (κ2) is 11.5. The second-order valence-electron chi connectivity index (χ2n) is 7.15. The maximum Gasteiger partial charge on any atom is 0.329 e. The van der Waals surface area contributed by atoms with E-state index in [1.165, 1.54) is 13.3 Å². The van der Waals surface area contributed by atoms with Crippen LogP contribution in [-0.2, 0) is 20.9 Å². The highest BCUT2D eigenvalue weighted by molar-refractivity contribution is 6.35. The van der Waals surface area contributed by atoms with E-state index < -0.39 is 11.8 Å². The molecule has 9 heteroatoms. The first-order valence-corrected chi connectivity index (χ1v) is 10.3. The van der Waals surface area contributed by atoms with E-state index in [-0.39, 0.29) is 19.1 Å². The smallest absolute Gasteiger partial charge is 0.329 e. The highest BCUT2D eigenvalue weighted by Crippen LogP contribution is 2.27. The minimum atomic E-state index is -0.871. The molecule has 0 aliphatic carbocycles. The Morgan fingerprint density at radius 2 is 1.78 bits per heavy atom. The van der Waals surface area contributed by atoms with Gasteiger partial charge in [0.05, 0.1) is 13.3 Å². The molecule has 9 nitrogen and oxygen atoms in total. The number of hydrazone groups is 1. The maximum absolute atomic E-state index is 12.1. The summed E-state index contributed by atoms with van der Waals surface area (Å²) in [4.78, 5) is 37.7. The Hall–Kier alpha value is -3.88. The standard InChI is InChI=1S/C23H26N4O5/c1-31-20-13-18(9-10-19(20)32-16-21(28)27-11-5-6-12-27)15-25-26-23(30)22(29)24-14-17-7-3-2-4-8-17/h2-4,7-10,13,15H,5-6,11-12,14,16H2,1H3,(H,24,29)(H,26,30)/b25-15-. The summed E-state index contributed by atoms with van der Waals surface area (Å²) in [6.45, 7) is 1.73. The van der Waals surface area contributed by atoms with Gasteiger partial charge < -0.3 is 19.7 Å². The molecule has 1 saturated heterocycles. The summed E-state index contributed by atoms with van der Waals surface area (Å²) < 4.78 is 10.9. The topological polar surface area (TPSA) is 109 Å². The van der Waals surface area contributed by atoms with Crippen LogP contribution in [0.15, 0.2) is 53.6 Å². The Balaban J connectivity index is 1.48. The summed E-state index contributed by atoms with van der Waals surface area (Å²) in [5, 5.41) is 6.33. The van der Waals surface area contributed by atoms with Crippen molar-refractivity contribution < 1.29 is 23.9 Å². The summed E-state index contributed by atoms with van der Waals surface area (Å²) in [6.07, 6.45) is 3.42. The highest BCUT2D eigenvalue weighted by Gasteiger charge is 2.19. The quantitative estimate of drug-likeness (QED) is 0.369. The molecule has 2 N–H and O–H groups in total. The van der Waals surface area contributed by atoms with Crippen LogP contribution in [-0.4, -0.2) is 55.6 Å². The third-order valence-corrected chi connectivity index (χ3v) is 4.88. The predicted octanol–water partition coefficient (Wildman–Crippen LogP) is 1.46. The Bertz CT molecular complexity index is 972. The third kappa shape index (κ3) is 6.56. The first-order chi connectivity index (χ1) is 15.6. The molecule has 0 atom stereocenters. The summed E-state index contributed by atoms with van der Waals surface area (Å²) in [7, 11) is 1.49. The lowest BCUT2D eigenvalue weighted by Gasteiger charge is -2.16.